The maximum Gasteiger partial charge on any atom is 0.272 e. The number of nitrogens with zero attached hydrogens (tertiary/aromatic N) is 1. The van der Waals surface area contributed by atoms with Gasteiger partial charge in [-0.25, -0.2) is 5.43 Å². The second-order valence-corrected chi connectivity index (χ2v) is 7.76. The molecule has 0 saturated heterocycles. The normalized spacial score (nSPS) is 11.8. The lowest BCUT2D eigenvalue weighted by Gasteiger charge is -2.00. The first kappa shape index (κ1) is 14.4. The lowest BCUT2D eigenvalue weighted by Crippen LogP contribution is -2.18. The molecule has 0 aliphatic carbocycles. The Bertz CT molecular complexity index is 835. The number of halogens is 1. The van der Waals surface area contributed by atoms with Crippen LogP contribution in [0.1, 0.15) is 22.2 Å². The molecule has 6 heteroatoms. The highest BCUT2D eigenvalue weighted by Crippen LogP contribution is 2.25. The Labute approximate surface area is 138 Å². The topological polar surface area (TPSA) is 41.5 Å². The molecule has 1 aromatic carbocycles. The third-order valence-electron chi connectivity index (χ3n) is 2.98. The van der Waals surface area contributed by atoms with Crippen LogP contribution in [0.15, 0.2) is 50.7 Å². The first-order valence-electron chi connectivity index (χ1n) is 6.22. The average Bonchev–Trinajstić information content (AvgIpc) is 3.10. The summed E-state index contributed by atoms with van der Waals surface area (Å²) in [6.07, 6.45) is 0. The van der Waals surface area contributed by atoms with Crippen molar-refractivity contribution in [1.29, 1.82) is 0 Å². The van der Waals surface area contributed by atoms with Crippen LogP contribution >= 0.6 is 38.6 Å². The molecule has 0 atom stereocenters. The van der Waals surface area contributed by atoms with Gasteiger partial charge < -0.3 is 0 Å². The largest absolute Gasteiger partial charge is 0.272 e. The zero-order chi connectivity index (χ0) is 14.8. The molecule has 0 unspecified atom stereocenters. The van der Waals surface area contributed by atoms with Crippen molar-refractivity contribution in [2.45, 2.75) is 6.92 Å². The predicted octanol–water partition coefficient (Wildman–Crippen LogP) is 4.88. The van der Waals surface area contributed by atoms with E-state index in [0.29, 0.717) is 5.56 Å². The van der Waals surface area contributed by atoms with Gasteiger partial charge >= 0.3 is 0 Å². The Morgan fingerprint density at radius 1 is 1.24 bits per heavy atom. The highest BCUT2D eigenvalue weighted by atomic mass is 79.9. The third-order valence-corrected chi connectivity index (χ3v) is 5.68. The summed E-state index contributed by atoms with van der Waals surface area (Å²) in [6, 6.07) is 11.8. The van der Waals surface area contributed by atoms with E-state index in [2.05, 4.69) is 26.5 Å². The van der Waals surface area contributed by atoms with Gasteiger partial charge in [0.1, 0.15) is 0 Å². The van der Waals surface area contributed by atoms with Crippen molar-refractivity contribution in [3.05, 3.63) is 56.0 Å². The van der Waals surface area contributed by atoms with Gasteiger partial charge in [0, 0.05) is 15.5 Å². The molecule has 0 fully saturated rings. The van der Waals surface area contributed by atoms with Gasteiger partial charge in [0.25, 0.3) is 5.91 Å². The molecule has 3 nitrogen and oxygen atoms in total. The van der Waals surface area contributed by atoms with Crippen molar-refractivity contribution in [3.8, 4) is 0 Å². The number of fused-ring (bicyclic) bond motifs is 1. The van der Waals surface area contributed by atoms with Gasteiger partial charge in [-0.1, -0.05) is 18.2 Å². The fourth-order valence-electron chi connectivity index (χ4n) is 1.91. The summed E-state index contributed by atoms with van der Waals surface area (Å²) in [4.78, 5) is 13.3. The molecule has 0 radical (unpaired) electrons. The summed E-state index contributed by atoms with van der Waals surface area (Å²) >= 11 is 6.56. The minimum Gasteiger partial charge on any atom is -0.267 e. The Morgan fingerprint density at radius 3 is 2.81 bits per heavy atom. The van der Waals surface area contributed by atoms with Crippen LogP contribution in [0.2, 0.25) is 0 Å². The molecule has 0 spiro atoms. The van der Waals surface area contributed by atoms with Gasteiger partial charge in [0.2, 0.25) is 0 Å². The summed E-state index contributed by atoms with van der Waals surface area (Å²) in [7, 11) is 0. The summed E-state index contributed by atoms with van der Waals surface area (Å²) in [6.45, 7) is 1.88. The molecule has 3 aromatic rings. The predicted molar refractivity (Wildman–Crippen MR) is 93.5 cm³/mol. The van der Waals surface area contributed by atoms with Gasteiger partial charge in [-0.3, -0.25) is 4.79 Å². The first-order chi connectivity index (χ1) is 10.1. The molecule has 0 aliphatic heterocycles. The zero-order valence-corrected chi connectivity index (χ0v) is 14.3. The maximum atomic E-state index is 12.2. The van der Waals surface area contributed by atoms with Gasteiger partial charge in [0.15, 0.2) is 0 Å². The number of thiophene rings is 2. The molecule has 1 amide bonds. The molecule has 0 bridgehead atoms. The van der Waals surface area contributed by atoms with Gasteiger partial charge in [-0.2, -0.15) is 5.10 Å². The molecular formula is C15H11BrN2OS2. The lowest BCUT2D eigenvalue weighted by atomic mass is 10.2. The number of hydrogen-bond donors (Lipinski definition) is 1. The number of nitrogens with one attached hydrogen (secondary N) is 1. The van der Waals surface area contributed by atoms with Crippen LogP contribution in [0.4, 0.5) is 0 Å². The van der Waals surface area contributed by atoms with E-state index in [-0.39, 0.29) is 5.91 Å². The number of amides is 1. The smallest absolute Gasteiger partial charge is 0.267 e. The van der Waals surface area contributed by atoms with E-state index in [1.54, 1.807) is 22.7 Å². The van der Waals surface area contributed by atoms with E-state index in [1.165, 1.54) is 0 Å². The molecule has 21 heavy (non-hydrogen) atoms. The number of rotatable bonds is 3. The molecular weight excluding hydrogens is 368 g/mol. The highest BCUT2D eigenvalue weighted by molar-refractivity contribution is 9.11. The Hall–Kier alpha value is -1.50. The molecule has 2 aromatic heterocycles. The SMILES string of the molecule is CC(=NNC(=O)c1csc2ccccc12)c1ccc(Br)s1. The molecule has 106 valence electrons. The molecule has 3 rings (SSSR count). The Balaban J connectivity index is 1.80. The summed E-state index contributed by atoms with van der Waals surface area (Å²) in [5.41, 5.74) is 4.09. The Morgan fingerprint density at radius 2 is 2.05 bits per heavy atom. The van der Waals surface area contributed by atoms with Crippen molar-refractivity contribution >= 4 is 60.3 Å². The van der Waals surface area contributed by atoms with Crippen LogP contribution in [0.5, 0.6) is 0 Å². The number of carbonyl (C=O) groups excluding carboxylic acids is 1. The van der Waals surface area contributed by atoms with E-state index in [9.17, 15) is 4.79 Å². The lowest BCUT2D eigenvalue weighted by molar-refractivity contribution is 0.0957. The van der Waals surface area contributed by atoms with Gasteiger partial charge in [0.05, 0.1) is 19.9 Å². The van der Waals surface area contributed by atoms with E-state index in [1.807, 2.05) is 48.7 Å². The van der Waals surface area contributed by atoms with E-state index >= 15 is 0 Å². The minimum absolute atomic E-state index is 0.178. The second-order valence-electron chi connectivity index (χ2n) is 4.39. The van der Waals surface area contributed by atoms with E-state index in [0.717, 1.165) is 24.5 Å². The van der Waals surface area contributed by atoms with Crippen molar-refractivity contribution in [2.75, 3.05) is 0 Å². The highest BCUT2D eigenvalue weighted by Gasteiger charge is 2.11. The monoisotopic (exact) mass is 378 g/mol. The minimum atomic E-state index is -0.178. The quantitative estimate of drug-likeness (QED) is 0.512. The fraction of sp³-hybridized carbons (Fsp3) is 0.0667. The van der Waals surface area contributed by atoms with Crippen LogP contribution in [-0.4, -0.2) is 11.6 Å². The average molecular weight is 379 g/mol. The second kappa shape index (κ2) is 6.09. The van der Waals surface area contributed by atoms with Crippen LogP contribution in [0.25, 0.3) is 10.1 Å². The first-order valence-corrected chi connectivity index (χ1v) is 8.70. The van der Waals surface area contributed by atoms with E-state index in [4.69, 9.17) is 0 Å². The van der Waals surface area contributed by atoms with Crippen LogP contribution < -0.4 is 5.43 Å². The standard InChI is InChI=1S/C15H11BrN2OS2/c1-9(12-6-7-14(16)21-12)17-18-15(19)11-8-20-13-5-3-2-4-10(11)13/h2-8H,1H3,(H,18,19). The third kappa shape index (κ3) is 3.07. The maximum absolute atomic E-state index is 12.2. The van der Waals surface area contributed by atoms with Crippen molar-refractivity contribution < 1.29 is 4.79 Å². The van der Waals surface area contributed by atoms with Crippen molar-refractivity contribution in [3.63, 3.8) is 0 Å². The van der Waals surface area contributed by atoms with Crippen LogP contribution in [-0.2, 0) is 0 Å². The number of benzene rings is 1. The number of hydrazone groups is 1. The van der Waals surface area contributed by atoms with Crippen LogP contribution in [0.3, 0.4) is 0 Å². The van der Waals surface area contributed by atoms with Crippen LogP contribution in [0, 0.1) is 0 Å². The molecule has 1 N–H and O–H groups in total. The molecule has 0 saturated carbocycles. The van der Waals surface area contributed by atoms with Gasteiger partial charge in [-0.05, 0) is 41.1 Å². The molecule has 0 aliphatic rings. The summed E-state index contributed by atoms with van der Waals surface area (Å²) in [5, 5.41) is 7.01. The summed E-state index contributed by atoms with van der Waals surface area (Å²) < 4.78 is 2.15. The number of carbonyl (C=O) groups is 1. The molecule has 2 heterocycles. The fourth-order valence-corrected chi connectivity index (χ4v) is 4.18. The zero-order valence-electron chi connectivity index (χ0n) is 11.1. The van der Waals surface area contributed by atoms with Crippen molar-refractivity contribution in [1.82, 2.24) is 5.43 Å². The summed E-state index contributed by atoms with van der Waals surface area (Å²) in [5.74, 6) is -0.178. The number of hydrogen-bond acceptors (Lipinski definition) is 4. The van der Waals surface area contributed by atoms with E-state index < -0.39 is 0 Å². The Kier molecular flexibility index (Phi) is 4.19. The van der Waals surface area contributed by atoms with Gasteiger partial charge in [-0.15, -0.1) is 22.7 Å². The van der Waals surface area contributed by atoms with Crippen molar-refractivity contribution in [2.24, 2.45) is 5.10 Å².